The van der Waals surface area contributed by atoms with Gasteiger partial charge in [-0.3, -0.25) is 0 Å². The Kier molecular flexibility index (Phi) is 4.53. The maximum absolute atomic E-state index is 13.5. The summed E-state index contributed by atoms with van der Waals surface area (Å²) in [5, 5.41) is 12.5. The Morgan fingerprint density at radius 3 is 2.53 bits per heavy atom. The molecule has 0 aliphatic heterocycles. The minimum atomic E-state index is -4.73. The number of rotatable bonds is 4. The molecule has 0 saturated heterocycles. The topological polar surface area (TPSA) is 102 Å². The van der Waals surface area contributed by atoms with Crippen molar-refractivity contribution >= 4 is 17.2 Å². The van der Waals surface area contributed by atoms with Gasteiger partial charge in [0, 0.05) is 6.07 Å². The number of fused-ring (bicyclic) bond motifs is 1. The highest BCUT2D eigenvalue weighted by Gasteiger charge is 2.35. The van der Waals surface area contributed by atoms with E-state index in [1.54, 1.807) is 0 Å². The molecule has 2 heterocycles. The van der Waals surface area contributed by atoms with Crippen LogP contribution in [0.3, 0.4) is 0 Å². The van der Waals surface area contributed by atoms with E-state index in [4.69, 9.17) is 9.84 Å². The fourth-order valence-corrected chi connectivity index (χ4v) is 2.64. The molecule has 0 unspecified atom stereocenters. The van der Waals surface area contributed by atoms with Gasteiger partial charge in [-0.2, -0.15) is 18.3 Å². The zero-order chi connectivity index (χ0) is 21.5. The zero-order valence-electron chi connectivity index (χ0n) is 14.6. The van der Waals surface area contributed by atoms with Gasteiger partial charge >= 0.3 is 12.3 Å². The summed E-state index contributed by atoms with van der Waals surface area (Å²) < 4.78 is 64.5. The molecule has 0 spiro atoms. The molecule has 0 bridgehead atoms. The van der Waals surface area contributed by atoms with Gasteiger partial charge in [0.25, 0.3) is 0 Å². The van der Waals surface area contributed by atoms with E-state index in [-0.39, 0.29) is 28.5 Å². The van der Waals surface area contributed by atoms with Crippen LogP contribution in [0.25, 0.3) is 17.0 Å². The van der Waals surface area contributed by atoms with Crippen molar-refractivity contribution in [1.29, 1.82) is 0 Å². The molecule has 154 valence electrons. The van der Waals surface area contributed by atoms with Gasteiger partial charge in [0.1, 0.15) is 22.9 Å². The minimum Gasteiger partial charge on any atom is -0.457 e. The highest BCUT2D eigenvalue weighted by atomic mass is 19.4. The maximum Gasteiger partial charge on any atom is 0.511 e. The summed E-state index contributed by atoms with van der Waals surface area (Å²) in [6, 6.07) is 6.42. The molecule has 0 aliphatic rings. The number of hydrogen-bond acceptors (Lipinski definition) is 5. The van der Waals surface area contributed by atoms with E-state index in [9.17, 15) is 22.4 Å². The van der Waals surface area contributed by atoms with Crippen molar-refractivity contribution in [3.8, 4) is 23.2 Å². The number of alkyl halides is 3. The molecule has 2 aromatic heterocycles. The van der Waals surface area contributed by atoms with Crippen LogP contribution in [0, 0.1) is 5.82 Å². The second-order valence-electron chi connectivity index (χ2n) is 5.97. The molecule has 0 amide bonds. The quantitative estimate of drug-likeness (QED) is 0.363. The lowest BCUT2D eigenvalue weighted by Gasteiger charge is -2.13. The van der Waals surface area contributed by atoms with Gasteiger partial charge in [-0.05, 0) is 30.3 Å². The van der Waals surface area contributed by atoms with Gasteiger partial charge in [-0.25, -0.2) is 18.9 Å². The fraction of sp³-hybridized carbons (Fsp3) is 0.0556. The van der Waals surface area contributed by atoms with Crippen LogP contribution in [0.1, 0.15) is 5.56 Å². The van der Waals surface area contributed by atoms with E-state index in [0.717, 1.165) is 35.1 Å². The van der Waals surface area contributed by atoms with E-state index in [0.29, 0.717) is 0 Å². The van der Waals surface area contributed by atoms with Crippen LogP contribution < -0.4 is 9.47 Å². The van der Waals surface area contributed by atoms with Gasteiger partial charge in [0.05, 0.1) is 23.4 Å². The number of carbonyl (C=O) groups is 1. The van der Waals surface area contributed by atoms with Crippen molar-refractivity contribution < 1.29 is 36.9 Å². The standard InChI is InChI=1S/C18H10F4N4O4/c19-9-1-3-10(4-2-9)29-15-6-14-13(5-12(15)18(20,21)22)24-16(25-14)26-8-11(7-23-26)30-17(27)28/h1-8H,(H,24,25)(H,27,28). The van der Waals surface area contributed by atoms with Crippen molar-refractivity contribution in [2.75, 3.05) is 0 Å². The number of aromatic nitrogens is 4. The fourth-order valence-electron chi connectivity index (χ4n) is 2.64. The van der Waals surface area contributed by atoms with Crippen LogP contribution in [-0.2, 0) is 6.18 Å². The number of nitrogens with zero attached hydrogens (tertiary/aromatic N) is 3. The van der Waals surface area contributed by atoms with Crippen LogP contribution in [-0.4, -0.2) is 31.0 Å². The Morgan fingerprint density at radius 1 is 1.13 bits per heavy atom. The summed E-state index contributed by atoms with van der Waals surface area (Å²) in [7, 11) is 0. The van der Waals surface area contributed by atoms with E-state index in [2.05, 4.69) is 19.8 Å². The SMILES string of the molecule is O=C(O)Oc1cnn(-c2nc3cc(Oc4ccc(F)cc4)c(C(F)(F)F)cc3[nH]2)c1. The lowest BCUT2D eigenvalue weighted by molar-refractivity contribution is -0.138. The molecular formula is C18H10F4N4O4. The largest absolute Gasteiger partial charge is 0.511 e. The number of aromatic amines is 1. The van der Waals surface area contributed by atoms with E-state index < -0.39 is 29.5 Å². The number of hydrogen-bond donors (Lipinski definition) is 2. The predicted octanol–water partition coefficient (Wildman–Crippen LogP) is 4.76. The number of imidazole rings is 1. The molecule has 30 heavy (non-hydrogen) atoms. The monoisotopic (exact) mass is 422 g/mol. The Labute approximate surface area is 164 Å². The molecular weight excluding hydrogens is 412 g/mol. The Morgan fingerprint density at radius 2 is 1.87 bits per heavy atom. The lowest BCUT2D eigenvalue weighted by Crippen LogP contribution is -2.07. The first-order chi connectivity index (χ1) is 14.2. The third-order valence-corrected chi connectivity index (χ3v) is 3.90. The zero-order valence-corrected chi connectivity index (χ0v) is 14.6. The number of nitrogens with one attached hydrogen (secondary N) is 1. The molecule has 0 saturated carbocycles. The molecule has 0 atom stereocenters. The lowest BCUT2D eigenvalue weighted by atomic mass is 10.1. The molecule has 12 heteroatoms. The maximum atomic E-state index is 13.5. The summed E-state index contributed by atoms with van der Waals surface area (Å²) in [5.74, 6) is -1.14. The van der Waals surface area contributed by atoms with Gasteiger partial charge < -0.3 is 19.6 Å². The van der Waals surface area contributed by atoms with Crippen molar-refractivity contribution in [3.63, 3.8) is 0 Å². The predicted molar refractivity (Wildman–Crippen MR) is 93.3 cm³/mol. The van der Waals surface area contributed by atoms with Crippen LogP contribution in [0.2, 0.25) is 0 Å². The molecule has 0 aliphatic carbocycles. The van der Waals surface area contributed by atoms with Crippen LogP contribution >= 0.6 is 0 Å². The molecule has 4 rings (SSSR count). The highest BCUT2D eigenvalue weighted by molar-refractivity contribution is 5.80. The third kappa shape index (κ3) is 3.87. The van der Waals surface area contributed by atoms with Crippen molar-refractivity contribution in [1.82, 2.24) is 19.7 Å². The normalized spacial score (nSPS) is 11.6. The van der Waals surface area contributed by atoms with Crippen molar-refractivity contribution in [3.05, 3.63) is 60.2 Å². The van der Waals surface area contributed by atoms with E-state index in [1.165, 1.54) is 18.3 Å². The molecule has 2 aromatic carbocycles. The summed E-state index contributed by atoms with van der Waals surface area (Å²) in [4.78, 5) is 17.4. The highest BCUT2D eigenvalue weighted by Crippen LogP contribution is 2.40. The third-order valence-electron chi connectivity index (χ3n) is 3.90. The first-order valence-electron chi connectivity index (χ1n) is 8.19. The van der Waals surface area contributed by atoms with Crippen LogP contribution in [0.4, 0.5) is 22.4 Å². The van der Waals surface area contributed by atoms with Gasteiger partial charge in [0.15, 0.2) is 5.75 Å². The molecule has 8 nitrogen and oxygen atoms in total. The van der Waals surface area contributed by atoms with E-state index in [1.807, 2.05) is 0 Å². The van der Waals surface area contributed by atoms with Gasteiger partial charge in [0.2, 0.25) is 5.95 Å². The van der Waals surface area contributed by atoms with Crippen molar-refractivity contribution in [2.24, 2.45) is 0 Å². The number of halogens is 4. The Hall–Kier alpha value is -4.09. The first kappa shape index (κ1) is 19.2. The molecule has 0 fully saturated rings. The Balaban J connectivity index is 1.75. The number of ether oxygens (including phenoxy) is 2. The number of H-pyrrole nitrogens is 1. The second kappa shape index (κ2) is 7.06. The van der Waals surface area contributed by atoms with Crippen LogP contribution in [0.15, 0.2) is 48.8 Å². The number of benzene rings is 2. The first-order valence-corrected chi connectivity index (χ1v) is 8.19. The smallest absolute Gasteiger partial charge is 0.457 e. The van der Waals surface area contributed by atoms with Crippen LogP contribution in [0.5, 0.6) is 17.2 Å². The number of carboxylic acid groups (broad SMARTS) is 1. The summed E-state index contributed by atoms with van der Waals surface area (Å²) in [6.07, 6.45) is -3.99. The molecule has 2 N–H and O–H groups in total. The van der Waals surface area contributed by atoms with Gasteiger partial charge in [-0.1, -0.05) is 0 Å². The average Bonchev–Trinajstić information content (AvgIpc) is 3.28. The summed E-state index contributed by atoms with van der Waals surface area (Å²) in [6.45, 7) is 0. The summed E-state index contributed by atoms with van der Waals surface area (Å²) >= 11 is 0. The molecule has 0 radical (unpaired) electrons. The second-order valence-corrected chi connectivity index (χ2v) is 5.97. The minimum absolute atomic E-state index is 0.0135. The van der Waals surface area contributed by atoms with E-state index >= 15 is 0 Å². The average molecular weight is 422 g/mol. The molecule has 4 aromatic rings. The van der Waals surface area contributed by atoms with Crippen molar-refractivity contribution in [2.45, 2.75) is 6.18 Å². The van der Waals surface area contributed by atoms with Gasteiger partial charge in [-0.15, -0.1) is 0 Å². The Bertz CT molecular complexity index is 1230. The summed E-state index contributed by atoms with van der Waals surface area (Å²) in [5.41, 5.74) is -0.892.